The van der Waals surface area contributed by atoms with Crippen LogP contribution in [0.2, 0.25) is 0 Å². The lowest BCUT2D eigenvalue weighted by atomic mass is 10.1. The Bertz CT molecular complexity index is 1270. The third-order valence-electron chi connectivity index (χ3n) is 5.71. The van der Waals surface area contributed by atoms with Crippen molar-refractivity contribution in [1.29, 1.82) is 0 Å². The summed E-state index contributed by atoms with van der Waals surface area (Å²) in [6.45, 7) is 3.53. The monoisotopic (exact) mass is 530 g/mol. The quantitative estimate of drug-likeness (QED) is 0.359. The number of alkyl halides is 3. The molecule has 0 atom stereocenters. The molecule has 3 aromatic rings. The molecule has 0 radical (unpaired) electrons. The molecule has 1 saturated heterocycles. The minimum absolute atomic E-state index is 0.0421. The van der Waals surface area contributed by atoms with Crippen LogP contribution in [0.15, 0.2) is 81.1 Å². The van der Waals surface area contributed by atoms with Gasteiger partial charge in [0.1, 0.15) is 5.75 Å². The SMILES string of the molecule is CCOc1ccccc1Sc1ccc(C=CC(=O)N2CCN(C(=O)c3ccco3)CC2)cc1C(F)(F)F. The summed E-state index contributed by atoms with van der Waals surface area (Å²) in [5, 5.41) is 0. The molecule has 0 saturated carbocycles. The number of piperazine rings is 1. The highest BCUT2D eigenvalue weighted by molar-refractivity contribution is 7.99. The van der Waals surface area contributed by atoms with Gasteiger partial charge in [0, 0.05) is 37.2 Å². The Balaban J connectivity index is 1.43. The van der Waals surface area contributed by atoms with Crippen LogP contribution in [0.25, 0.3) is 6.08 Å². The maximum atomic E-state index is 13.9. The van der Waals surface area contributed by atoms with Crippen molar-refractivity contribution in [3.05, 3.63) is 83.8 Å². The number of hydrogen-bond donors (Lipinski definition) is 0. The number of ether oxygens (including phenoxy) is 1. The minimum atomic E-state index is -4.58. The molecule has 194 valence electrons. The van der Waals surface area contributed by atoms with Crippen LogP contribution in [0.3, 0.4) is 0 Å². The molecule has 2 amide bonds. The number of furan rings is 1. The number of para-hydroxylation sites is 1. The van der Waals surface area contributed by atoms with E-state index in [1.54, 1.807) is 52.3 Å². The first kappa shape index (κ1) is 26.4. The molecule has 37 heavy (non-hydrogen) atoms. The fourth-order valence-corrected chi connectivity index (χ4v) is 4.88. The van der Waals surface area contributed by atoms with Gasteiger partial charge in [-0.05, 0) is 55.0 Å². The lowest BCUT2D eigenvalue weighted by molar-refractivity contribution is -0.139. The van der Waals surface area contributed by atoms with Crippen molar-refractivity contribution in [3.63, 3.8) is 0 Å². The maximum Gasteiger partial charge on any atom is 0.417 e. The Morgan fingerprint density at radius 1 is 1.00 bits per heavy atom. The second kappa shape index (κ2) is 11.6. The lowest BCUT2D eigenvalue weighted by Gasteiger charge is -2.33. The summed E-state index contributed by atoms with van der Waals surface area (Å²) in [6.07, 6.45) is -0.516. The molecule has 2 aromatic carbocycles. The molecular formula is C27H25F3N2O4S. The van der Waals surface area contributed by atoms with Crippen LogP contribution in [0, 0.1) is 0 Å². The van der Waals surface area contributed by atoms with Crippen molar-refractivity contribution in [2.24, 2.45) is 0 Å². The summed E-state index contributed by atoms with van der Waals surface area (Å²) in [6, 6.07) is 14.1. The molecule has 0 aliphatic carbocycles. The molecule has 0 N–H and O–H groups in total. The summed E-state index contributed by atoms with van der Waals surface area (Å²) in [7, 11) is 0. The van der Waals surface area contributed by atoms with Gasteiger partial charge in [-0.3, -0.25) is 9.59 Å². The Morgan fingerprint density at radius 2 is 1.73 bits per heavy atom. The van der Waals surface area contributed by atoms with E-state index < -0.39 is 11.7 Å². The molecule has 1 aliphatic heterocycles. The van der Waals surface area contributed by atoms with Gasteiger partial charge in [0.2, 0.25) is 5.91 Å². The number of nitrogens with zero attached hydrogens (tertiary/aromatic N) is 2. The Kier molecular flexibility index (Phi) is 8.27. The second-order valence-corrected chi connectivity index (χ2v) is 9.25. The van der Waals surface area contributed by atoms with E-state index in [2.05, 4.69) is 0 Å². The molecule has 0 bridgehead atoms. The predicted molar refractivity (Wildman–Crippen MR) is 133 cm³/mol. The van der Waals surface area contributed by atoms with E-state index >= 15 is 0 Å². The van der Waals surface area contributed by atoms with Crippen molar-refractivity contribution in [2.75, 3.05) is 32.8 Å². The Morgan fingerprint density at radius 3 is 2.41 bits per heavy atom. The Labute approximate surface area is 216 Å². The summed E-state index contributed by atoms with van der Waals surface area (Å²) in [4.78, 5) is 28.8. The first-order chi connectivity index (χ1) is 17.8. The molecule has 6 nitrogen and oxygen atoms in total. The zero-order valence-electron chi connectivity index (χ0n) is 20.0. The van der Waals surface area contributed by atoms with E-state index in [9.17, 15) is 22.8 Å². The number of carbonyl (C=O) groups is 2. The first-order valence-corrected chi connectivity index (χ1v) is 12.5. The number of halogens is 3. The van der Waals surface area contributed by atoms with Gasteiger partial charge in [0.25, 0.3) is 5.91 Å². The average Bonchev–Trinajstić information content (AvgIpc) is 3.43. The van der Waals surface area contributed by atoms with Gasteiger partial charge in [-0.2, -0.15) is 13.2 Å². The van der Waals surface area contributed by atoms with E-state index in [0.29, 0.717) is 43.4 Å². The van der Waals surface area contributed by atoms with Crippen molar-refractivity contribution < 1.29 is 31.9 Å². The maximum absolute atomic E-state index is 13.9. The molecule has 1 aliphatic rings. The van der Waals surface area contributed by atoms with Gasteiger partial charge in [-0.1, -0.05) is 30.0 Å². The van der Waals surface area contributed by atoms with Gasteiger partial charge in [-0.25, -0.2) is 0 Å². The highest BCUT2D eigenvalue weighted by Gasteiger charge is 2.34. The molecule has 2 heterocycles. The highest BCUT2D eigenvalue weighted by atomic mass is 32.2. The zero-order valence-corrected chi connectivity index (χ0v) is 20.8. The smallest absolute Gasteiger partial charge is 0.417 e. The molecule has 0 unspecified atom stereocenters. The van der Waals surface area contributed by atoms with Crippen molar-refractivity contribution >= 4 is 29.7 Å². The standard InChI is InChI=1S/C27H25F3N2O4S/c1-2-35-21-6-3-4-8-24(21)37-23-11-9-19(18-20(23)27(28,29)30)10-12-25(33)31-13-15-32(16-14-31)26(34)22-7-5-17-36-22/h3-12,17-18H,2,13-16H2,1H3. The summed E-state index contributed by atoms with van der Waals surface area (Å²) < 4.78 is 52.3. The van der Waals surface area contributed by atoms with E-state index in [1.807, 2.05) is 6.92 Å². The number of carbonyl (C=O) groups excluding carboxylic acids is 2. The van der Waals surface area contributed by atoms with E-state index in [4.69, 9.17) is 9.15 Å². The molecule has 10 heteroatoms. The third kappa shape index (κ3) is 6.56. The van der Waals surface area contributed by atoms with Crippen LogP contribution in [0.4, 0.5) is 13.2 Å². The number of hydrogen-bond acceptors (Lipinski definition) is 5. The minimum Gasteiger partial charge on any atom is -0.493 e. The molecule has 0 spiro atoms. The fourth-order valence-electron chi connectivity index (χ4n) is 3.85. The number of benzene rings is 2. The summed E-state index contributed by atoms with van der Waals surface area (Å²) in [5.41, 5.74) is -0.529. The predicted octanol–water partition coefficient (Wildman–Crippen LogP) is 5.85. The zero-order chi connectivity index (χ0) is 26.4. The molecular weight excluding hydrogens is 505 g/mol. The average molecular weight is 531 g/mol. The largest absolute Gasteiger partial charge is 0.493 e. The van der Waals surface area contributed by atoms with Gasteiger partial charge >= 0.3 is 6.18 Å². The van der Waals surface area contributed by atoms with Crippen molar-refractivity contribution in [3.8, 4) is 5.75 Å². The first-order valence-electron chi connectivity index (χ1n) is 11.7. The van der Waals surface area contributed by atoms with Gasteiger partial charge in [-0.15, -0.1) is 0 Å². The van der Waals surface area contributed by atoms with Crippen molar-refractivity contribution in [1.82, 2.24) is 9.80 Å². The van der Waals surface area contributed by atoms with Gasteiger partial charge in [0.05, 0.1) is 23.3 Å². The van der Waals surface area contributed by atoms with Crippen LogP contribution >= 0.6 is 11.8 Å². The molecule has 1 fully saturated rings. The van der Waals surface area contributed by atoms with Gasteiger partial charge < -0.3 is 19.0 Å². The van der Waals surface area contributed by atoms with Crippen LogP contribution in [-0.2, 0) is 11.0 Å². The summed E-state index contributed by atoms with van der Waals surface area (Å²) in [5.74, 6) is 0.184. The normalized spacial score (nSPS) is 14.3. The van der Waals surface area contributed by atoms with Crippen molar-refractivity contribution in [2.45, 2.75) is 22.9 Å². The highest BCUT2D eigenvalue weighted by Crippen LogP contribution is 2.42. The lowest BCUT2D eigenvalue weighted by Crippen LogP contribution is -2.50. The molecule has 1 aromatic heterocycles. The summed E-state index contributed by atoms with van der Waals surface area (Å²) >= 11 is 0.982. The van der Waals surface area contributed by atoms with Crippen LogP contribution < -0.4 is 4.74 Å². The number of amides is 2. The molecule has 4 rings (SSSR count). The van der Waals surface area contributed by atoms with E-state index in [1.165, 1.54) is 24.5 Å². The Hall–Kier alpha value is -3.66. The number of rotatable bonds is 7. The van der Waals surface area contributed by atoms with Gasteiger partial charge in [0.15, 0.2) is 5.76 Å². The fraction of sp³-hybridized carbons (Fsp3) is 0.259. The third-order valence-corrected chi connectivity index (χ3v) is 6.84. The van der Waals surface area contributed by atoms with Crippen LogP contribution in [-0.4, -0.2) is 54.4 Å². The second-order valence-electron chi connectivity index (χ2n) is 8.16. The van der Waals surface area contributed by atoms with Crippen LogP contribution in [0.5, 0.6) is 5.75 Å². The van der Waals surface area contributed by atoms with Crippen LogP contribution in [0.1, 0.15) is 28.6 Å². The van der Waals surface area contributed by atoms with E-state index in [0.717, 1.165) is 17.8 Å². The topological polar surface area (TPSA) is 63.0 Å². The van der Waals surface area contributed by atoms with E-state index in [-0.39, 0.29) is 28.0 Å².